The van der Waals surface area contributed by atoms with Crippen LogP contribution in [-0.2, 0) is 20.9 Å². The summed E-state index contributed by atoms with van der Waals surface area (Å²) in [6, 6.07) is 9.30. The van der Waals surface area contributed by atoms with Crippen LogP contribution in [0, 0.1) is 0 Å². The van der Waals surface area contributed by atoms with Gasteiger partial charge in [-0.15, -0.1) is 0 Å². The Kier molecular flexibility index (Phi) is 5.75. The molecule has 2 atom stereocenters. The van der Waals surface area contributed by atoms with E-state index in [0.717, 1.165) is 5.56 Å². The molecule has 0 aromatic heterocycles. The van der Waals surface area contributed by atoms with Crippen molar-refractivity contribution in [1.82, 2.24) is 5.32 Å². The second kappa shape index (κ2) is 7.78. The van der Waals surface area contributed by atoms with Gasteiger partial charge in [0.15, 0.2) is 0 Å². The van der Waals surface area contributed by atoms with Crippen LogP contribution in [-0.4, -0.2) is 30.6 Å². The van der Waals surface area contributed by atoms with E-state index in [2.05, 4.69) is 5.32 Å². The molecule has 1 amide bonds. The maximum absolute atomic E-state index is 11.8. The van der Waals surface area contributed by atoms with Gasteiger partial charge in [0.2, 0.25) is 0 Å². The van der Waals surface area contributed by atoms with E-state index in [1.165, 1.54) is 0 Å². The first-order valence-electron chi connectivity index (χ1n) is 7.29. The Hall–Kier alpha value is -1.88. The van der Waals surface area contributed by atoms with Crippen molar-refractivity contribution < 1.29 is 19.1 Å². The molecule has 1 aromatic carbocycles. The zero-order valence-corrected chi connectivity index (χ0v) is 12.2. The summed E-state index contributed by atoms with van der Waals surface area (Å²) >= 11 is 0. The predicted molar refractivity (Wildman–Crippen MR) is 77.8 cm³/mol. The number of hydrogen-bond acceptors (Lipinski definition) is 4. The molecule has 0 radical (unpaired) electrons. The Bertz CT molecular complexity index is 474. The van der Waals surface area contributed by atoms with Crippen molar-refractivity contribution in [3.8, 4) is 0 Å². The summed E-state index contributed by atoms with van der Waals surface area (Å²) in [5.41, 5.74) is 0.935. The molecule has 1 aromatic rings. The second-order valence-electron chi connectivity index (χ2n) is 5.12. The largest absolute Gasteiger partial charge is 0.445 e. The summed E-state index contributed by atoms with van der Waals surface area (Å²) in [4.78, 5) is 23.3. The van der Waals surface area contributed by atoms with E-state index >= 15 is 0 Å². The van der Waals surface area contributed by atoms with E-state index in [0.29, 0.717) is 25.9 Å². The lowest BCUT2D eigenvalue weighted by Gasteiger charge is -2.29. The SMILES string of the molecule is CC[C@@H](NC(=O)OCc1ccccc1)C1CC(=O)CCO1. The first-order valence-corrected chi connectivity index (χ1v) is 7.29. The summed E-state index contributed by atoms with van der Waals surface area (Å²) < 4.78 is 10.8. The van der Waals surface area contributed by atoms with Gasteiger partial charge < -0.3 is 14.8 Å². The molecule has 5 nitrogen and oxygen atoms in total. The summed E-state index contributed by atoms with van der Waals surface area (Å²) in [5, 5.41) is 2.79. The summed E-state index contributed by atoms with van der Waals surface area (Å²) in [6.07, 6.45) is 0.786. The molecule has 0 spiro atoms. The van der Waals surface area contributed by atoms with Crippen LogP contribution in [0.3, 0.4) is 0 Å². The van der Waals surface area contributed by atoms with Crippen LogP contribution in [0.15, 0.2) is 30.3 Å². The van der Waals surface area contributed by atoms with Crippen LogP contribution in [0.4, 0.5) is 4.79 Å². The van der Waals surface area contributed by atoms with Gasteiger partial charge in [-0.25, -0.2) is 4.79 Å². The Morgan fingerprint density at radius 1 is 1.43 bits per heavy atom. The average Bonchev–Trinajstić information content (AvgIpc) is 2.51. The molecule has 21 heavy (non-hydrogen) atoms. The summed E-state index contributed by atoms with van der Waals surface area (Å²) in [6.45, 7) is 2.61. The van der Waals surface area contributed by atoms with Gasteiger partial charge in [-0.2, -0.15) is 0 Å². The number of ether oxygens (including phenoxy) is 2. The van der Waals surface area contributed by atoms with Crippen LogP contribution < -0.4 is 5.32 Å². The molecule has 1 N–H and O–H groups in total. The molecule has 1 aliphatic heterocycles. The van der Waals surface area contributed by atoms with Crippen LogP contribution in [0.5, 0.6) is 0 Å². The fourth-order valence-corrected chi connectivity index (χ4v) is 2.34. The highest BCUT2D eigenvalue weighted by molar-refractivity contribution is 5.79. The van der Waals surface area contributed by atoms with Crippen molar-refractivity contribution in [2.75, 3.05) is 6.61 Å². The lowest BCUT2D eigenvalue weighted by atomic mass is 9.99. The molecule has 5 heteroatoms. The van der Waals surface area contributed by atoms with Crippen LogP contribution in [0.1, 0.15) is 31.7 Å². The van der Waals surface area contributed by atoms with Crippen LogP contribution >= 0.6 is 0 Å². The third-order valence-electron chi connectivity index (χ3n) is 3.55. The number of nitrogens with one attached hydrogen (secondary N) is 1. The standard InChI is InChI=1S/C16H21NO4/c1-2-14(15-10-13(18)8-9-20-15)17-16(19)21-11-12-6-4-3-5-7-12/h3-7,14-15H,2,8-11H2,1H3,(H,17,19)/t14-,15?/m1/s1. The van der Waals surface area contributed by atoms with Gasteiger partial charge in [-0.3, -0.25) is 4.79 Å². The Balaban J connectivity index is 1.80. The lowest BCUT2D eigenvalue weighted by molar-refractivity contribution is -0.129. The number of ketones is 1. The fourth-order valence-electron chi connectivity index (χ4n) is 2.34. The number of carbonyl (C=O) groups excluding carboxylic acids is 2. The number of amides is 1. The van der Waals surface area contributed by atoms with Crippen LogP contribution in [0.25, 0.3) is 0 Å². The van der Waals surface area contributed by atoms with E-state index < -0.39 is 6.09 Å². The molecule has 1 heterocycles. The predicted octanol–water partition coefficient (Wildman–Crippen LogP) is 2.44. The number of alkyl carbamates (subject to hydrolysis) is 1. The zero-order valence-electron chi connectivity index (χ0n) is 12.2. The van der Waals surface area contributed by atoms with Crippen molar-refractivity contribution in [2.45, 2.75) is 44.9 Å². The van der Waals surface area contributed by atoms with E-state index in [1.54, 1.807) is 0 Å². The number of Topliss-reactive ketones (excluding diaryl/α,β-unsaturated/α-hetero) is 1. The molecule has 1 fully saturated rings. The minimum absolute atomic E-state index is 0.184. The molecule has 0 aliphatic carbocycles. The summed E-state index contributed by atoms with van der Waals surface area (Å²) in [5.74, 6) is 0.184. The molecule has 1 aliphatic rings. The monoisotopic (exact) mass is 291 g/mol. The molecule has 0 saturated carbocycles. The van der Waals surface area contributed by atoms with Gasteiger partial charge in [0.25, 0.3) is 0 Å². The van der Waals surface area contributed by atoms with Crippen molar-refractivity contribution in [2.24, 2.45) is 0 Å². The van der Waals surface area contributed by atoms with Crippen molar-refractivity contribution in [3.63, 3.8) is 0 Å². The third kappa shape index (κ3) is 4.86. The van der Waals surface area contributed by atoms with Crippen molar-refractivity contribution >= 4 is 11.9 Å². The average molecular weight is 291 g/mol. The first kappa shape index (κ1) is 15.5. The van der Waals surface area contributed by atoms with E-state index in [9.17, 15) is 9.59 Å². The van der Waals surface area contributed by atoms with Crippen molar-refractivity contribution in [1.29, 1.82) is 0 Å². The van der Waals surface area contributed by atoms with Gasteiger partial charge in [0, 0.05) is 12.8 Å². The van der Waals surface area contributed by atoms with Gasteiger partial charge in [-0.05, 0) is 12.0 Å². The normalized spacial score (nSPS) is 19.9. The van der Waals surface area contributed by atoms with Gasteiger partial charge in [0.05, 0.1) is 18.8 Å². The molecule has 1 unspecified atom stereocenters. The smallest absolute Gasteiger partial charge is 0.407 e. The topological polar surface area (TPSA) is 64.6 Å². The number of hydrogen-bond donors (Lipinski definition) is 1. The molecule has 1 saturated heterocycles. The van der Waals surface area contributed by atoms with E-state index in [-0.39, 0.29) is 24.5 Å². The number of benzene rings is 1. The quantitative estimate of drug-likeness (QED) is 0.905. The Labute approximate surface area is 124 Å². The maximum atomic E-state index is 11.8. The van der Waals surface area contributed by atoms with Crippen molar-refractivity contribution in [3.05, 3.63) is 35.9 Å². The van der Waals surface area contributed by atoms with Gasteiger partial charge in [-0.1, -0.05) is 37.3 Å². The van der Waals surface area contributed by atoms with Crippen LogP contribution in [0.2, 0.25) is 0 Å². The fraction of sp³-hybridized carbons (Fsp3) is 0.500. The van der Waals surface area contributed by atoms with E-state index in [4.69, 9.17) is 9.47 Å². The van der Waals surface area contributed by atoms with Gasteiger partial charge in [0.1, 0.15) is 12.4 Å². The summed E-state index contributed by atoms with van der Waals surface area (Å²) in [7, 11) is 0. The minimum atomic E-state index is -0.479. The van der Waals surface area contributed by atoms with Gasteiger partial charge >= 0.3 is 6.09 Å². The molecule has 114 valence electrons. The zero-order chi connectivity index (χ0) is 15.1. The molecule has 2 rings (SSSR count). The molecular formula is C16H21NO4. The molecular weight excluding hydrogens is 270 g/mol. The highest BCUT2D eigenvalue weighted by Crippen LogP contribution is 2.15. The van der Waals surface area contributed by atoms with E-state index in [1.807, 2.05) is 37.3 Å². The Morgan fingerprint density at radius 3 is 2.86 bits per heavy atom. The number of carbonyl (C=O) groups is 2. The highest BCUT2D eigenvalue weighted by Gasteiger charge is 2.28. The number of rotatable bonds is 5. The minimum Gasteiger partial charge on any atom is -0.445 e. The lowest BCUT2D eigenvalue weighted by Crippen LogP contribution is -2.47. The maximum Gasteiger partial charge on any atom is 0.407 e. The first-order chi connectivity index (χ1) is 10.2. The molecule has 0 bridgehead atoms. The Morgan fingerprint density at radius 2 is 2.19 bits per heavy atom. The third-order valence-corrected chi connectivity index (χ3v) is 3.55. The second-order valence-corrected chi connectivity index (χ2v) is 5.12. The highest BCUT2D eigenvalue weighted by atomic mass is 16.5.